The molecule has 214 valence electrons. The predicted molar refractivity (Wildman–Crippen MR) is 149 cm³/mol. The van der Waals surface area contributed by atoms with E-state index in [0.29, 0.717) is 36.9 Å². The van der Waals surface area contributed by atoms with Crippen molar-refractivity contribution in [2.45, 2.75) is 84.8 Å². The summed E-state index contributed by atoms with van der Waals surface area (Å²) in [5, 5.41) is 20.6. The molecule has 0 saturated heterocycles. The van der Waals surface area contributed by atoms with Gasteiger partial charge < -0.3 is 19.7 Å². The number of ether oxygens (including phenoxy) is 2. The first-order chi connectivity index (χ1) is 18.4. The molecule has 0 aromatic heterocycles. The Kier molecular flexibility index (Phi) is 7.29. The quantitative estimate of drug-likeness (QED) is 0.286. The van der Waals surface area contributed by atoms with Crippen LogP contribution in [0.25, 0.3) is 0 Å². The SMILES string of the molecule is COC1=C2C(=O)O[C@]13C[C@@H](C[C@@H](C)O)C(CO)=C[C@@]3(C)C/C=C/[C@@H](C)[C@@H]1C=C[C@@H]3C[C@@H](C)CC[C@H]3[C@]1(C)C2=O. The Hall–Kier alpha value is -2.18. The van der Waals surface area contributed by atoms with Gasteiger partial charge in [-0.15, -0.1) is 0 Å². The van der Waals surface area contributed by atoms with Gasteiger partial charge >= 0.3 is 5.97 Å². The minimum atomic E-state index is -1.20. The Balaban J connectivity index is 1.73. The molecule has 2 bridgehead atoms. The number of rotatable bonds is 4. The van der Waals surface area contributed by atoms with Gasteiger partial charge in [-0.2, -0.15) is 0 Å². The second kappa shape index (κ2) is 10.0. The van der Waals surface area contributed by atoms with Gasteiger partial charge in [0.15, 0.2) is 17.1 Å². The highest BCUT2D eigenvalue weighted by molar-refractivity contribution is 6.21. The molecule has 0 amide bonds. The van der Waals surface area contributed by atoms with Crippen molar-refractivity contribution in [1.82, 2.24) is 0 Å². The maximum Gasteiger partial charge on any atom is 0.346 e. The van der Waals surface area contributed by atoms with Crippen molar-refractivity contribution >= 4 is 11.8 Å². The molecule has 0 unspecified atom stereocenters. The van der Waals surface area contributed by atoms with E-state index in [9.17, 15) is 19.8 Å². The minimum absolute atomic E-state index is 0.0506. The van der Waals surface area contributed by atoms with Crippen molar-refractivity contribution in [2.75, 3.05) is 13.7 Å². The molecular weight excluding hydrogens is 492 g/mol. The summed E-state index contributed by atoms with van der Waals surface area (Å²) in [5.74, 6) is 0.457. The third kappa shape index (κ3) is 4.20. The van der Waals surface area contributed by atoms with Gasteiger partial charge in [0.05, 0.1) is 19.8 Å². The lowest BCUT2D eigenvalue weighted by Gasteiger charge is -2.51. The van der Waals surface area contributed by atoms with E-state index >= 15 is 0 Å². The molecule has 1 saturated carbocycles. The first-order valence-electron chi connectivity index (χ1n) is 14.8. The maximum atomic E-state index is 14.9. The Morgan fingerprint density at radius 3 is 2.56 bits per heavy atom. The van der Waals surface area contributed by atoms with Crippen LogP contribution in [0, 0.1) is 46.3 Å². The monoisotopic (exact) mass is 538 g/mol. The molecule has 2 N–H and O–H groups in total. The van der Waals surface area contributed by atoms with Gasteiger partial charge in [-0.3, -0.25) is 4.79 Å². The Bertz CT molecular complexity index is 1140. The number of esters is 1. The lowest BCUT2D eigenvalue weighted by molar-refractivity contribution is -0.163. The molecule has 6 heteroatoms. The van der Waals surface area contributed by atoms with Crippen LogP contribution in [0.3, 0.4) is 0 Å². The van der Waals surface area contributed by atoms with Crippen LogP contribution in [0.5, 0.6) is 0 Å². The molecule has 0 aromatic carbocycles. The second-order valence-corrected chi connectivity index (χ2v) is 13.6. The lowest BCUT2D eigenvalue weighted by Crippen LogP contribution is -2.52. The number of Topliss-reactive ketones (excluding diaryl/α,β-unsaturated/α-hetero) is 1. The highest BCUT2D eigenvalue weighted by Gasteiger charge is 2.65. The van der Waals surface area contributed by atoms with Crippen molar-refractivity contribution in [1.29, 1.82) is 0 Å². The summed E-state index contributed by atoms with van der Waals surface area (Å²) in [5.41, 5.74) is -1.82. The van der Waals surface area contributed by atoms with Crippen molar-refractivity contribution in [3.05, 3.63) is 47.3 Å². The number of ketones is 1. The first-order valence-corrected chi connectivity index (χ1v) is 14.8. The van der Waals surface area contributed by atoms with E-state index in [1.165, 1.54) is 7.11 Å². The molecular formula is C33H46O6. The largest absolute Gasteiger partial charge is 0.496 e. The van der Waals surface area contributed by atoms with E-state index < -0.39 is 28.5 Å². The zero-order chi connectivity index (χ0) is 28.3. The molecule has 39 heavy (non-hydrogen) atoms. The third-order valence-electron chi connectivity index (χ3n) is 11.0. The van der Waals surface area contributed by atoms with E-state index in [-0.39, 0.29) is 41.6 Å². The summed E-state index contributed by atoms with van der Waals surface area (Å²) in [6.07, 6.45) is 14.8. The van der Waals surface area contributed by atoms with E-state index in [0.717, 1.165) is 24.8 Å². The molecule has 1 aliphatic heterocycles. The zero-order valence-corrected chi connectivity index (χ0v) is 24.4. The van der Waals surface area contributed by atoms with Crippen LogP contribution < -0.4 is 0 Å². The molecule has 1 heterocycles. The number of carbonyl (C=O) groups excluding carboxylic acids is 2. The van der Waals surface area contributed by atoms with E-state index in [1.54, 1.807) is 6.92 Å². The number of allylic oxidation sites excluding steroid dienone is 4. The molecule has 0 radical (unpaired) electrons. The van der Waals surface area contributed by atoms with Crippen LogP contribution >= 0.6 is 0 Å². The van der Waals surface area contributed by atoms with E-state index in [2.05, 4.69) is 45.1 Å². The normalized spacial score (nSPS) is 45.3. The number of fused-ring (bicyclic) bond motifs is 3. The molecule has 4 aliphatic carbocycles. The summed E-state index contributed by atoms with van der Waals surface area (Å²) in [6.45, 7) is 10.2. The lowest BCUT2D eigenvalue weighted by atomic mass is 9.51. The van der Waals surface area contributed by atoms with Crippen molar-refractivity contribution < 1.29 is 29.3 Å². The first kappa shape index (κ1) is 28.4. The molecule has 5 aliphatic rings. The van der Waals surface area contributed by atoms with Gasteiger partial charge in [-0.25, -0.2) is 4.79 Å². The van der Waals surface area contributed by atoms with Crippen LogP contribution in [0.2, 0.25) is 0 Å². The molecule has 6 nitrogen and oxygen atoms in total. The molecule has 1 spiro atoms. The average molecular weight is 539 g/mol. The van der Waals surface area contributed by atoms with Crippen molar-refractivity contribution in [3.8, 4) is 0 Å². The highest BCUT2D eigenvalue weighted by Crippen LogP contribution is 2.61. The summed E-state index contributed by atoms with van der Waals surface area (Å²) in [6, 6.07) is 0. The summed E-state index contributed by atoms with van der Waals surface area (Å²) >= 11 is 0. The van der Waals surface area contributed by atoms with Gasteiger partial charge in [-0.05, 0) is 73.7 Å². The molecule has 10 atom stereocenters. The van der Waals surface area contributed by atoms with Crippen LogP contribution in [0.1, 0.15) is 73.1 Å². The van der Waals surface area contributed by atoms with Crippen molar-refractivity contribution in [3.63, 3.8) is 0 Å². The van der Waals surface area contributed by atoms with Gasteiger partial charge in [0.1, 0.15) is 5.57 Å². The van der Waals surface area contributed by atoms with Crippen LogP contribution in [0.4, 0.5) is 0 Å². The predicted octanol–water partition coefficient (Wildman–Crippen LogP) is 5.31. The summed E-state index contributed by atoms with van der Waals surface area (Å²) < 4.78 is 12.4. The number of aliphatic hydroxyl groups is 2. The fraction of sp³-hybridized carbons (Fsp3) is 0.697. The standard InChI is InChI=1S/C33H46O6/c1-19-9-11-26-22(14-19)10-12-25-20(2)8-7-13-31(4)16-24(18-34)23(15-21(3)35)17-33(31)29(38-6)27(30(37)39-33)28(36)32(25,26)5/h7-8,10,12,16,19-23,25-26,34-35H,9,11,13-15,17-18H2,1-6H3/b8-7+/t19-,20+,21+,22+,23+,25-,26+,31+,32+,33+/m0/s1. The Morgan fingerprint density at radius 1 is 1.15 bits per heavy atom. The summed E-state index contributed by atoms with van der Waals surface area (Å²) in [4.78, 5) is 28.8. The maximum absolute atomic E-state index is 14.9. The van der Waals surface area contributed by atoms with Crippen LogP contribution in [-0.2, 0) is 19.1 Å². The third-order valence-corrected chi connectivity index (χ3v) is 11.0. The second-order valence-electron chi connectivity index (χ2n) is 13.6. The van der Waals surface area contributed by atoms with Gasteiger partial charge in [0, 0.05) is 17.3 Å². The fourth-order valence-electron chi connectivity index (χ4n) is 8.97. The van der Waals surface area contributed by atoms with E-state index in [4.69, 9.17) is 9.47 Å². The minimum Gasteiger partial charge on any atom is -0.496 e. The summed E-state index contributed by atoms with van der Waals surface area (Å²) in [7, 11) is 1.53. The average Bonchev–Trinajstić information content (AvgIpc) is 3.16. The van der Waals surface area contributed by atoms with E-state index in [1.807, 2.05) is 13.0 Å². The Labute approximate surface area is 233 Å². The Morgan fingerprint density at radius 2 is 1.90 bits per heavy atom. The molecule has 0 aromatic rings. The molecule has 1 fully saturated rings. The number of hydrogen-bond acceptors (Lipinski definition) is 6. The van der Waals surface area contributed by atoms with Gasteiger partial charge in [-0.1, -0.05) is 64.5 Å². The van der Waals surface area contributed by atoms with Crippen LogP contribution in [0.15, 0.2) is 47.3 Å². The highest BCUT2D eigenvalue weighted by atomic mass is 16.6. The van der Waals surface area contributed by atoms with Gasteiger partial charge in [0.2, 0.25) is 0 Å². The zero-order valence-electron chi connectivity index (χ0n) is 24.4. The number of methoxy groups -OCH3 is 1. The van der Waals surface area contributed by atoms with Gasteiger partial charge in [0.25, 0.3) is 0 Å². The molecule has 5 rings (SSSR count). The number of hydrogen-bond donors (Lipinski definition) is 2. The smallest absolute Gasteiger partial charge is 0.346 e. The number of carbonyl (C=O) groups is 2. The number of aliphatic hydroxyl groups excluding tert-OH is 2. The van der Waals surface area contributed by atoms with Crippen molar-refractivity contribution in [2.24, 2.45) is 46.3 Å². The van der Waals surface area contributed by atoms with Crippen LogP contribution in [-0.4, -0.2) is 47.4 Å². The topological polar surface area (TPSA) is 93.1 Å². The fourth-order valence-corrected chi connectivity index (χ4v) is 8.97.